The van der Waals surface area contributed by atoms with Crippen LogP contribution in [-0.4, -0.2) is 48.5 Å². The maximum Gasteiger partial charge on any atom is 0.260 e. The summed E-state index contributed by atoms with van der Waals surface area (Å²) >= 11 is 1.76. The fourth-order valence-electron chi connectivity index (χ4n) is 2.86. The molecular weight excluding hydrogens is 327 g/mol. The van der Waals surface area contributed by atoms with Crippen molar-refractivity contribution >= 4 is 17.2 Å². The first-order valence-electron chi connectivity index (χ1n) is 8.07. The fraction of sp³-hybridized carbons (Fsp3) is 0.389. The molecule has 4 nitrogen and oxygen atoms in total. The Bertz CT molecular complexity index is 669. The van der Waals surface area contributed by atoms with Crippen LogP contribution in [0.3, 0.4) is 0 Å². The molecule has 1 aliphatic rings. The maximum atomic E-state index is 13.5. The molecule has 0 radical (unpaired) electrons. The zero-order valence-electron chi connectivity index (χ0n) is 13.7. The summed E-state index contributed by atoms with van der Waals surface area (Å²) in [4.78, 5) is 17.8. The van der Waals surface area contributed by atoms with E-state index in [-0.39, 0.29) is 18.3 Å². The molecule has 0 saturated carbocycles. The van der Waals surface area contributed by atoms with E-state index in [2.05, 4.69) is 29.3 Å². The van der Waals surface area contributed by atoms with Gasteiger partial charge in [-0.3, -0.25) is 9.69 Å². The number of benzene rings is 1. The van der Waals surface area contributed by atoms with Crippen LogP contribution in [0.5, 0.6) is 5.75 Å². The van der Waals surface area contributed by atoms with Gasteiger partial charge in [0.1, 0.15) is 0 Å². The predicted octanol–water partition coefficient (Wildman–Crippen LogP) is 3.17. The Hall–Kier alpha value is -1.92. The van der Waals surface area contributed by atoms with Gasteiger partial charge in [0, 0.05) is 37.1 Å². The van der Waals surface area contributed by atoms with Crippen molar-refractivity contribution in [3.8, 4) is 5.75 Å². The summed E-state index contributed by atoms with van der Waals surface area (Å²) < 4.78 is 18.8. The minimum absolute atomic E-state index is 0.0957. The van der Waals surface area contributed by atoms with Gasteiger partial charge in [-0.05, 0) is 30.5 Å². The third-order valence-electron chi connectivity index (χ3n) is 4.36. The molecule has 6 heteroatoms. The molecule has 2 aromatic rings. The molecule has 1 atom stereocenters. The molecule has 2 heterocycles. The van der Waals surface area contributed by atoms with Crippen LogP contribution in [0.2, 0.25) is 0 Å². The Labute approximate surface area is 145 Å². The number of carbonyl (C=O) groups excluding carboxylic acids is 1. The number of amides is 1. The molecule has 0 N–H and O–H groups in total. The van der Waals surface area contributed by atoms with E-state index in [0.29, 0.717) is 19.1 Å². The normalized spacial score (nSPS) is 16.8. The van der Waals surface area contributed by atoms with Crippen molar-refractivity contribution in [3.05, 3.63) is 52.5 Å². The Balaban J connectivity index is 1.47. The number of hydrogen-bond donors (Lipinski definition) is 0. The van der Waals surface area contributed by atoms with Gasteiger partial charge >= 0.3 is 0 Å². The molecule has 0 spiro atoms. The van der Waals surface area contributed by atoms with Crippen LogP contribution in [-0.2, 0) is 4.79 Å². The summed E-state index contributed by atoms with van der Waals surface area (Å²) in [5.41, 5.74) is 0. The monoisotopic (exact) mass is 348 g/mol. The van der Waals surface area contributed by atoms with Crippen molar-refractivity contribution in [3.63, 3.8) is 0 Å². The van der Waals surface area contributed by atoms with Gasteiger partial charge in [0.05, 0.1) is 0 Å². The van der Waals surface area contributed by atoms with E-state index in [1.54, 1.807) is 28.4 Å². The second-order valence-corrected chi connectivity index (χ2v) is 6.81. The zero-order valence-corrected chi connectivity index (χ0v) is 14.5. The van der Waals surface area contributed by atoms with E-state index in [9.17, 15) is 9.18 Å². The van der Waals surface area contributed by atoms with Gasteiger partial charge in [0.25, 0.3) is 5.91 Å². The Morgan fingerprint density at radius 1 is 1.21 bits per heavy atom. The number of hydrogen-bond acceptors (Lipinski definition) is 4. The fourth-order valence-corrected chi connectivity index (χ4v) is 3.68. The topological polar surface area (TPSA) is 32.8 Å². The minimum Gasteiger partial charge on any atom is -0.481 e. The lowest BCUT2D eigenvalue weighted by Crippen LogP contribution is -2.50. The van der Waals surface area contributed by atoms with Crippen LogP contribution in [0, 0.1) is 5.82 Å². The second kappa shape index (κ2) is 7.77. The summed E-state index contributed by atoms with van der Waals surface area (Å²) in [5, 5.41) is 2.09. The maximum absolute atomic E-state index is 13.5. The van der Waals surface area contributed by atoms with Crippen LogP contribution >= 0.6 is 11.3 Å². The third kappa shape index (κ3) is 3.94. The largest absolute Gasteiger partial charge is 0.481 e. The molecule has 0 aliphatic carbocycles. The lowest BCUT2D eigenvalue weighted by atomic mass is 10.2. The Morgan fingerprint density at radius 3 is 2.62 bits per heavy atom. The average Bonchev–Trinajstić information content (AvgIpc) is 3.15. The quantitative estimate of drug-likeness (QED) is 0.832. The van der Waals surface area contributed by atoms with Crippen molar-refractivity contribution in [2.24, 2.45) is 0 Å². The highest BCUT2D eigenvalue weighted by atomic mass is 32.1. The highest BCUT2D eigenvalue weighted by Crippen LogP contribution is 2.25. The number of carbonyl (C=O) groups is 1. The number of nitrogens with zero attached hydrogens (tertiary/aromatic N) is 2. The van der Waals surface area contributed by atoms with Crippen LogP contribution in [0.1, 0.15) is 17.8 Å². The van der Waals surface area contributed by atoms with Crippen molar-refractivity contribution < 1.29 is 13.9 Å². The van der Waals surface area contributed by atoms with Gasteiger partial charge in [0.2, 0.25) is 0 Å². The van der Waals surface area contributed by atoms with Gasteiger partial charge in [0.15, 0.2) is 18.2 Å². The van der Waals surface area contributed by atoms with E-state index in [1.807, 2.05) is 0 Å². The van der Waals surface area contributed by atoms with Gasteiger partial charge in [-0.15, -0.1) is 11.3 Å². The molecule has 1 saturated heterocycles. The number of halogens is 1. The average molecular weight is 348 g/mol. The van der Waals surface area contributed by atoms with Crippen molar-refractivity contribution in [1.82, 2.24) is 9.80 Å². The molecule has 1 aliphatic heterocycles. The van der Waals surface area contributed by atoms with E-state index < -0.39 is 5.82 Å². The molecule has 1 unspecified atom stereocenters. The van der Waals surface area contributed by atoms with E-state index >= 15 is 0 Å². The summed E-state index contributed by atoms with van der Waals surface area (Å²) in [6.45, 7) is 5.10. The molecule has 1 aromatic carbocycles. The SMILES string of the molecule is CC(c1cccs1)N1CCN(C(=O)COc2ccccc2F)CC1. The smallest absolute Gasteiger partial charge is 0.260 e. The minimum atomic E-state index is -0.445. The van der Waals surface area contributed by atoms with Crippen molar-refractivity contribution in [1.29, 1.82) is 0 Å². The molecule has 1 amide bonds. The van der Waals surface area contributed by atoms with Crippen LogP contribution < -0.4 is 4.74 Å². The van der Waals surface area contributed by atoms with Crippen LogP contribution in [0.15, 0.2) is 41.8 Å². The summed E-state index contributed by atoms with van der Waals surface area (Å²) in [7, 11) is 0. The first kappa shape index (κ1) is 16.9. The summed E-state index contributed by atoms with van der Waals surface area (Å²) in [5.74, 6) is -0.419. The number of rotatable bonds is 5. The van der Waals surface area contributed by atoms with Crippen molar-refractivity contribution in [2.45, 2.75) is 13.0 Å². The number of ether oxygens (including phenoxy) is 1. The molecule has 1 fully saturated rings. The first-order valence-corrected chi connectivity index (χ1v) is 8.95. The molecule has 24 heavy (non-hydrogen) atoms. The molecule has 1 aromatic heterocycles. The lowest BCUT2D eigenvalue weighted by Gasteiger charge is -2.37. The zero-order chi connectivity index (χ0) is 16.9. The molecule has 128 valence electrons. The lowest BCUT2D eigenvalue weighted by molar-refractivity contribution is -0.135. The Kier molecular flexibility index (Phi) is 5.48. The Morgan fingerprint density at radius 2 is 1.96 bits per heavy atom. The van der Waals surface area contributed by atoms with Gasteiger partial charge in [-0.1, -0.05) is 18.2 Å². The van der Waals surface area contributed by atoms with Crippen LogP contribution in [0.4, 0.5) is 4.39 Å². The standard InChI is InChI=1S/C18H21FN2O2S/c1-14(17-7-4-12-24-17)20-8-10-21(11-9-20)18(22)13-23-16-6-3-2-5-15(16)19/h2-7,12,14H,8-11,13H2,1H3. The highest BCUT2D eigenvalue weighted by Gasteiger charge is 2.25. The van der Waals surface area contributed by atoms with Crippen LogP contribution in [0.25, 0.3) is 0 Å². The first-order chi connectivity index (χ1) is 11.6. The van der Waals surface area contributed by atoms with E-state index in [0.717, 1.165) is 13.1 Å². The predicted molar refractivity (Wildman–Crippen MR) is 92.8 cm³/mol. The summed E-state index contributed by atoms with van der Waals surface area (Å²) in [6.07, 6.45) is 0. The second-order valence-electron chi connectivity index (χ2n) is 5.83. The highest BCUT2D eigenvalue weighted by molar-refractivity contribution is 7.10. The number of piperazine rings is 1. The molecule has 3 rings (SSSR count). The number of para-hydroxylation sites is 1. The molecule has 0 bridgehead atoms. The van der Waals surface area contributed by atoms with Crippen molar-refractivity contribution in [2.75, 3.05) is 32.8 Å². The summed E-state index contributed by atoms with van der Waals surface area (Å²) in [6, 6.07) is 10.7. The van der Waals surface area contributed by atoms with E-state index in [1.165, 1.54) is 17.0 Å². The molecular formula is C18H21FN2O2S. The third-order valence-corrected chi connectivity index (χ3v) is 5.40. The number of thiophene rings is 1. The van der Waals surface area contributed by atoms with Gasteiger partial charge < -0.3 is 9.64 Å². The van der Waals surface area contributed by atoms with Gasteiger partial charge in [-0.25, -0.2) is 4.39 Å². The van der Waals surface area contributed by atoms with Gasteiger partial charge in [-0.2, -0.15) is 0 Å². The van der Waals surface area contributed by atoms with E-state index in [4.69, 9.17) is 4.74 Å².